The molecule has 0 saturated carbocycles. The third kappa shape index (κ3) is 2.72. The van der Waals surface area contributed by atoms with Crippen molar-refractivity contribution in [2.75, 3.05) is 0 Å². The Labute approximate surface area is 93.5 Å². The molecule has 0 atom stereocenters. The number of hydrogen-bond acceptors (Lipinski definition) is 2. The first-order valence-electron chi connectivity index (χ1n) is 4.97. The van der Waals surface area contributed by atoms with Crippen molar-refractivity contribution in [2.45, 2.75) is 26.9 Å². The summed E-state index contributed by atoms with van der Waals surface area (Å²) in [6.07, 6.45) is 0.169. The van der Waals surface area contributed by atoms with Gasteiger partial charge in [-0.2, -0.15) is 0 Å². The minimum absolute atomic E-state index is 0.00604. The SMILES string of the molecule is CC(C)(Cc1cc(CF)ccc1O)C(=O)O. The molecule has 0 aliphatic carbocycles. The highest BCUT2D eigenvalue weighted by Crippen LogP contribution is 2.28. The van der Waals surface area contributed by atoms with Gasteiger partial charge in [0.25, 0.3) is 0 Å². The van der Waals surface area contributed by atoms with Crippen LogP contribution in [0.25, 0.3) is 0 Å². The molecule has 0 heterocycles. The molecular weight excluding hydrogens is 211 g/mol. The topological polar surface area (TPSA) is 57.5 Å². The summed E-state index contributed by atoms with van der Waals surface area (Å²) in [7, 11) is 0. The molecule has 1 rings (SSSR count). The number of hydrogen-bond donors (Lipinski definition) is 2. The van der Waals surface area contributed by atoms with Crippen LogP contribution in [0.3, 0.4) is 0 Å². The molecule has 0 saturated heterocycles. The van der Waals surface area contributed by atoms with Crippen molar-refractivity contribution in [3.05, 3.63) is 29.3 Å². The van der Waals surface area contributed by atoms with E-state index in [1.165, 1.54) is 18.2 Å². The maximum atomic E-state index is 12.4. The minimum Gasteiger partial charge on any atom is -0.508 e. The average molecular weight is 226 g/mol. The summed E-state index contributed by atoms with van der Waals surface area (Å²) in [6, 6.07) is 4.37. The zero-order chi connectivity index (χ0) is 12.3. The Morgan fingerprint density at radius 3 is 2.56 bits per heavy atom. The van der Waals surface area contributed by atoms with Gasteiger partial charge in [-0.05, 0) is 43.5 Å². The van der Waals surface area contributed by atoms with Crippen LogP contribution in [0.15, 0.2) is 18.2 Å². The number of phenolic OH excluding ortho intramolecular Hbond substituents is 1. The summed E-state index contributed by atoms with van der Waals surface area (Å²) in [5, 5.41) is 18.5. The predicted octanol–water partition coefficient (Wildman–Crippen LogP) is 2.52. The zero-order valence-electron chi connectivity index (χ0n) is 9.33. The van der Waals surface area contributed by atoms with Gasteiger partial charge in [-0.3, -0.25) is 4.79 Å². The summed E-state index contributed by atoms with van der Waals surface area (Å²) in [4.78, 5) is 10.9. The Morgan fingerprint density at radius 1 is 1.44 bits per heavy atom. The van der Waals surface area contributed by atoms with Gasteiger partial charge >= 0.3 is 5.97 Å². The van der Waals surface area contributed by atoms with Crippen LogP contribution in [0.4, 0.5) is 4.39 Å². The van der Waals surface area contributed by atoms with Crippen LogP contribution in [0, 0.1) is 5.41 Å². The molecule has 0 amide bonds. The highest BCUT2D eigenvalue weighted by atomic mass is 19.1. The monoisotopic (exact) mass is 226 g/mol. The Kier molecular flexibility index (Phi) is 3.52. The molecule has 88 valence electrons. The number of carbonyl (C=O) groups is 1. The maximum absolute atomic E-state index is 12.4. The second kappa shape index (κ2) is 4.51. The third-order valence-corrected chi connectivity index (χ3v) is 2.51. The van der Waals surface area contributed by atoms with Crippen molar-refractivity contribution >= 4 is 5.97 Å². The van der Waals surface area contributed by atoms with Crippen LogP contribution in [-0.4, -0.2) is 16.2 Å². The lowest BCUT2D eigenvalue weighted by Crippen LogP contribution is -2.26. The molecule has 4 heteroatoms. The van der Waals surface area contributed by atoms with Gasteiger partial charge in [0.15, 0.2) is 0 Å². The largest absolute Gasteiger partial charge is 0.508 e. The van der Waals surface area contributed by atoms with Gasteiger partial charge in [-0.15, -0.1) is 0 Å². The summed E-state index contributed by atoms with van der Waals surface area (Å²) >= 11 is 0. The van der Waals surface area contributed by atoms with Crippen molar-refractivity contribution in [1.82, 2.24) is 0 Å². The Morgan fingerprint density at radius 2 is 2.06 bits per heavy atom. The molecule has 16 heavy (non-hydrogen) atoms. The normalized spacial score (nSPS) is 11.4. The molecule has 0 aromatic heterocycles. The second-order valence-corrected chi connectivity index (χ2v) is 4.46. The molecule has 0 spiro atoms. The number of phenols is 1. The van der Waals surface area contributed by atoms with Crippen LogP contribution < -0.4 is 0 Å². The number of halogens is 1. The van der Waals surface area contributed by atoms with Crippen LogP contribution in [0.5, 0.6) is 5.75 Å². The Balaban J connectivity index is 3.00. The molecule has 0 bridgehead atoms. The first-order valence-corrected chi connectivity index (χ1v) is 4.97. The molecule has 1 aromatic rings. The van der Waals surface area contributed by atoms with E-state index in [9.17, 15) is 14.3 Å². The molecule has 2 N–H and O–H groups in total. The lowest BCUT2D eigenvalue weighted by molar-refractivity contribution is -0.146. The number of aliphatic carboxylic acids is 1. The van der Waals surface area contributed by atoms with Gasteiger partial charge in [0.05, 0.1) is 5.41 Å². The molecule has 3 nitrogen and oxygen atoms in total. The van der Waals surface area contributed by atoms with Crippen molar-refractivity contribution in [3.8, 4) is 5.75 Å². The fourth-order valence-electron chi connectivity index (χ4n) is 1.42. The van der Waals surface area contributed by atoms with Gasteiger partial charge in [0, 0.05) is 0 Å². The summed E-state index contributed by atoms with van der Waals surface area (Å²) in [6.45, 7) is 2.51. The summed E-state index contributed by atoms with van der Waals surface area (Å²) < 4.78 is 12.4. The number of aromatic hydroxyl groups is 1. The van der Waals surface area contributed by atoms with Gasteiger partial charge in [-0.25, -0.2) is 4.39 Å². The lowest BCUT2D eigenvalue weighted by atomic mass is 9.85. The molecule has 0 unspecified atom stereocenters. The predicted molar refractivity (Wildman–Crippen MR) is 58.0 cm³/mol. The summed E-state index contributed by atoms with van der Waals surface area (Å²) in [5.74, 6) is -0.941. The smallest absolute Gasteiger partial charge is 0.309 e. The van der Waals surface area contributed by atoms with Crippen LogP contribution in [0.1, 0.15) is 25.0 Å². The van der Waals surface area contributed by atoms with E-state index in [1.54, 1.807) is 13.8 Å². The highest BCUT2D eigenvalue weighted by Gasteiger charge is 2.28. The first-order chi connectivity index (χ1) is 7.36. The zero-order valence-corrected chi connectivity index (χ0v) is 9.33. The minimum atomic E-state index is -0.980. The molecule has 1 aromatic carbocycles. The van der Waals surface area contributed by atoms with Crippen LogP contribution in [-0.2, 0) is 17.9 Å². The van der Waals surface area contributed by atoms with Crippen molar-refractivity contribution in [1.29, 1.82) is 0 Å². The Bertz CT molecular complexity index is 399. The first kappa shape index (κ1) is 12.5. The maximum Gasteiger partial charge on any atom is 0.309 e. The molecule has 0 aliphatic rings. The van der Waals surface area contributed by atoms with Gasteiger partial charge in [0.2, 0.25) is 0 Å². The highest BCUT2D eigenvalue weighted by molar-refractivity contribution is 5.74. The summed E-state index contributed by atoms with van der Waals surface area (Å²) in [5.41, 5.74) is -0.0802. The van der Waals surface area contributed by atoms with Crippen molar-refractivity contribution < 1.29 is 19.4 Å². The van der Waals surface area contributed by atoms with E-state index >= 15 is 0 Å². The quantitative estimate of drug-likeness (QED) is 0.829. The number of rotatable bonds is 4. The number of alkyl halides is 1. The van der Waals surface area contributed by atoms with E-state index in [2.05, 4.69) is 0 Å². The van der Waals surface area contributed by atoms with E-state index in [1.807, 2.05) is 0 Å². The van der Waals surface area contributed by atoms with E-state index < -0.39 is 18.1 Å². The van der Waals surface area contributed by atoms with Crippen LogP contribution in [0.2, 0.25) is 0 Å². The van der Waals surface area contributed by atoms with E-state index in [0.717, 1.165) is 0 Å². The number of carboxylic acid groups (broad SMARTS) is 1. The molecule has 0 fully saturated rings. The lowest BCUT2D eigenvalue weighted by Gasteiger charge is -2.19. The standard InChI is InChI=1S/C12H15FO3/c1-12(2,11(15)16)6-9-5-8(7-13)3-4-10(9)14/h3-5,14H,6-7H2,1-2H3,(H,15,16). The van der Waals surface area contributed by atoms with Crippen molar-refractivity contribution in [3.63, 3.8) is 0 Å². The fourth-order valence-corrected chi connectivity index (χ4v) is 1.42. The average Bonchev–Trinajstić information content (AvgIpc) is 2.21. The molecule has 0 radical (unpaired) electrons. The van der Waals surface area contributed by atoms with Gasteiger partial charge in [-0.1, -0.05) is 6.07 Å². The number of benzene rings is 1. The third-order valence-electron chi connectivity index (χ3n) is 2.51. The molecule has 0 aliphatic heterocycles. The van der Waals surface area contributed by atoms with Gasteiger partial charge < -0.3 is 10.2 Å². The Hall–Kier alpha value is -1.58. The molecular formula is C12H15FO3. The van der Waals surface area contributed by atoms with E-state index in [0.29, 0.717) is 11.1 Å². The second-order valence-electron chi connectivity index (χ2n) is 4.46. The fraction of sp³-hybridized carbons (Fsp3) is 0.417. The van der Waals surface area contributed by atoms with Crippen LogP contribution >= 0.6 is 0 Å². The van der Waals surface area contributed by atoms with Crippen molar-refractivity contribution in [2.24, 2.45) is 5.41 Å². The number of carboxylic acids is 1. The van der Waals surface area contributed by atoms with Gasteiger partial charge in [0.1, 0.15) is 12.4 Å². The van der Waals surface area contributed by atoms with E-state index in [-0.39, 0.29) is 12.2 Å². The van der Waals surface area contributed by atoms with E-state index in [4.69, 9.17) is 5.11 Å².